The zero-order chi connectivity index (χ0) is 14.5. The van der Waals surface area contributed by atoms with Crippen molar-refractivity contribution in [3.63, 3.8) is 0 Å². The molecule has 0 saturated heterocycles. The molecule has 2 N–H and O–H groups in total. The molecule has 1 unspecified atom stereocenters. The standard InChI is InChI=1S/C17H23N3/c1-4-15(18)12-14-9-7-11-19-17(14)20(3)16-10-6-5-8-13(16)2/h5-11,15H,4,12,18H2,1-3H3. The third-order valence-corrected chi connectivity index (χ3v) is 3.67. The summed E-state index contributed by atoms with van der Waals surface area (Å²) >= 11 is 0. The Labute approximate surface area is 121 Å². The van der Waals surface area contributed by atoms with E-state index in [4.69, 9.17) is 5.73 Å². The fourth-order valence-corrected chi connectivity index (χ4v) is 2.37. The molecule has 0 fully saturated rings. The van der Waals surface area contributed by atoms with Crippen molar-refractivity contribution in [1.82, 2.24) is 4.98 Å². The minimum Gasteiger partial charge on any atom is -0.329 e. The summed E-state index contributed by atoms with van der Waals surface area (Å²) in [4.78, 5) is 6.70. The quantitative estimate of drug-likeness (QED) is 0.904. The van der Waals surface area contributed by atoms with Gasteiger partial charge in [-0.1, -0.05) is 31.2 Å². The van der Waals surface area contributed by atoms with Gasteiger partial charge < -0.3 is 10.6 Å². The Kier molecular flexibility index (Phi) is 4.74. The van der Waals surface area contributed by atoms with Crippen molar-refractivity contribution in [3.8, 4) is 0 Å². The lowest BCUT2D eigenvalue weighted by atomic mass is 10.0. The number of nitrogens with zero attached hydrogens (tertiary/aromatic N) is 2. The van der Waals surface area contributed by atoms with E-state index in [1.807, 2.05) is 12.3 Å². The number of hydrogen-bond acceptors (Lipinski definition) is 3. The summed E-state index contributed by atoms with van der Waals surface area (Å²) in [5.74, 6) is 0.991. The molecule has 0 amide bonds. The second-order valence-electron chi connectivity index (χ2n) is 5.20. The first-order chi connectivity index (χ1) is 9.63. The van der Waals surface area contributed by atoms with E-state index in [1.54, 1.807) is 0 Å². The molecule has 3 heteroatoms. The molecule has 1 heterocycles. The molecule has 0 bridgehead atoms. The van der Waals surface area contributed by atoms with Gasteiger partial charge in [0.25, 0.3) is 0 Å². The van der Waals surface area contributed by atoms with Crippen LogP contribution in [0.25, 0.3) is 0 Å². The molecule has 20 heavy (non-hydrogen) atoms. The van der Waals surface area contributed by atoms with Gasteiger partial charge in [-0.25, -0.2) is 4.98 Å². The van der Waals surface area contributed by atoms with Crippen LogP contribution in [0.4, 0.5) is 11.5 Å². The van der Waals surface area contributed by atoms with Gasteiger partial charge in [0, 0.05) is 25.0 Å². The number of aromatic nitrogens is 1. The van der Waals surface area contributed by atoms with Crippen LogP contribution >= 0.6 is 0 Å². The highest BCUT2D eigenvalue weighted by Gasteiger charge is 2.13. The molecule has 3 nitrogen and oxygen atoms in total. The van der Waals surface area contributed by atoms with Crippen molar-refractivity contribution in [2.45, 2.75) is 32.7 Å². The molecule has 0 radical (unpaired) electrons. The van der Waals surface area contributed by atoms with E-state index in [-0.39, 0.29) is 6.04 Å². The maximum absolute atomic E-state index is 6.10. The Morgan fingerprint density at radius 3 is 2.65 bits per heavy atom. The lowest BCUT2D eigenvalue weighted by molar-refractivity contribution is 0.645. The fourth-order valence-electron chi connectivity index (χ4n) is 2.37. The predicted octanol–water partition coefficient (Wildman–Crippen LogP) is 3.44. The molecule has 106 valence electrons. The number of benzene rings is 1. The molecule has 0 spiro atoms. The van der Waals surface area contributed by atoms with Crippen LogP contribution in [-0.4, -0.2) is 18.1 Å². The van der Waals surface area contributed by atoms with E-state index in [9.17, 15) is 0 Å². The third-order valence-electron chi connectivity index (χ3n) is 3.67. The van der Waals surface area contributed by atoms with Gasteiger partial charge in [0.1, 0.15) is 5.82 Å². The molecule has 1 aromatic carbocycles. The Hall–Kier alpha value is -1.87. The van der Waals surface area contributed by atoms with E-state index in [0.717, 1.165) is 18.7 Å². The summed E-state index contributed by atoms with van der Waals surface area (Å²) in [6.07, 6.45) is 3.67. The minimum atomic E-state index is 0.184. The monoisotopic (exact) mass is 269 g/mol. The topological polar surface area (TPSA) is 42.1 Å². The Morgan fingerprint density at radius 2 is 1.95 bits per heavy atom. The number of anilines is 2. The molecular formula is C17H23N3. The maximum atomic E-state index is 6.10. The van der Waals surface area contributed by atoms with Crippen LogP contribution < -0.4 is 10.6 Å². The zero-order valence-electron chi connectivity index (χ0n) is 12.5. The van der Waals surface area contributed by atoms with E-state index in [1.165, 1.54) is 16.8 Å². The van der Waals surface area contributed by atoms with E-state index >= 15 is 0 Å². The Balaban J connectivity index is 2.35. The zero-order valence-corrected chi connectivity index (χ0v) is 12.5. The highest BCUT2D eigenvalue weighted by molar-refractivity contribution is 5.65. The van der Waals surface area contributed by atoms with Gasteiger partial charge in [-0.3, -0.25) is 0 Å². The lowest BCUT2D eigenvalue weighted by Gasteiger charge is -2.23. The van der Waals surface area contributed by atoms with Crippen LogP contribution in [0.1, 0.15) is 24.5 Å². The molecule has 2 rings (SSSR count). The van der Waals surface area contributed by atoms with Crippen molar-refractivity contribution in [1.29, 1.82) is 0 Å². The second-order valence-corrected chi connectivity index (χ2v) is 5.20. The van der Waals surface area contributed by atoms with Crippen LogP contribution in [0.3, 0.4) is 0 Å². The number of aryl methyl sites for hydroxylation is 1. The van der Waals surface area contributed by atoms with Crippen LogP contribution in [0, 0.1) is 6.92 Å². The number of para-hydroxylation sites is 1. The van der Waals surface area contributed by atoms with Gasteiger partial charge in [0.15, 0.2) is 0 Å². The highest BCUT2D eigenvalue weighted by Crippen LogP contribution is 2.28. The van der Waals surface area contributed by atoms with E-state index < -0.39 is 0 Å². The molecule has 0 aliphatic heterocycles. The third kappa shape index (κ3) is 3.17. The first-order valence-electron chi connectivity index (χ1n) is 7.12. The fraction of sp³-hybridized carbons (Fsp3) is 0.353. The first kappa shape index (κ1) is 14.5. The van der Waals surface area contributed by atoms with Crippen molar-refractivity contribution < 1.29 is 0 Å². The Morgan fingerprint density at radius 1 is 1.20 bits per heavy atom. The van der Waals surface area contributed by atoms with Gasteiger partial charge >= 0.3 is 0 Å². The number of pyridine rings is 1. The number of hydrogen-bond donors (Lipinski definition) is 1. The molecule has 1 aromatic heterocycles. The average Bonchev–Trinajstić information content (AvgIpc) is 2.47. The summed E-state index contributed by atoms with van der Waals surface area (Å²) < 4.78 is 0. The summed E-state index contributed by atoms with van der Waals surface area (Å²) in [5.41, 5.74) is 9.72. The SMILES string of the molecule is CCC(N)Cc1cccnc1N(C)c1ccccc1C. The van der Waals surface area contributed by atoms with Gasteiger partial charge in [-0.05, 0) is 43.0 Å². The summed E-state index contributed by atoms with van der Waals surface area (Å²) in [6.45, 7) is 4.23. The number of rotatable bonds is 5. The van der Waals surface area contributed by atoms with Crippen molar-refractivity contribution in [2.75, 3.05) is 11.9 Å². The first-order valence-corrected chi connectivity index (χ1v) is 7.12. The molecule has 0 aliphatic carbocycles. The average molecular weight is 269 g/mol. The summed E-state index contributed by atoms with van der Waals surface area (Å²) in [7, 11) is 2.06. The molecular weight excluding hydrogens is 246 g/mol. The molecule has 1 atom stereocenters. The van der Waals surface area contributed by atoms with Crippen LogP contribution in [0.15, 0.2) is 42.6 Å². The molecule has 2 aromatic rings. The van der Waals surface area contributed by atoms with Gasteiger partial charge in [-0.15, -0.1) is 0 Å². The van der Waals surface area contributed by atoms with Crippen molar-refractivity contribution in [3.05, 3.63) is 53.7 Å². The largest absolute Gasteiger partial charge is 0.329 e. The molecule has 0 saturated carbocycles. The van der Waals surface area contributed by atoms with Gasteiger partial charge in [0.05, 0.1) is 0 Å². The van der Waals surface area contributed by atoms with Crippen molar-refractivity contribution >= 4 is 11.5 Å². The summed E-state index contributed by atoms with van der Waals surface area (Å²) in [5, 5.41) is 0. The van der Waals surface area contributed by atoms with Crippen LogP contribution in [0.5, 0.6) is 0 Å². The predicted molar refractivity (Wildman–Crippen MR) is 85.4 cm³/mol. The lowest BCUT2D eigenvalue weighted by Crippen LogP contribution is -2.23. The molecule has 0 aliphatic rings. The maximum Gasteiger partial charge on any atom is 0.135 e. The smallest absolute Gasteiger partial charge is 0.135 e. The van der Waals surface area contributed by atoms with Gasteiger partial charge in [-0.2, -0.15) is 0 Å². The van der Waals surface area contributed by atoms with E-state index in [0.29, 0.717) is 0 Å². The summed E-state index contributed by atoms with van der Waals surface area (Å²) in [6, 6.07) is 12.6. The Bertz CT molecular complexity index is 566. The van der Waals surface area contributed by atoms with E-state index in [2.05, 4.69) is 61.1 Å². The van der Waals surface area contributed by atoms with Crippen LogP contribution in [0.2, 0.25) is 0 Å². The minimum absolute atomic E-state index is 0.184. The van der Waals surface area contributed by atoms with Crippen molar-refractivity contribution in [2.24, 2.45) is 5.73 Å². The number of nitrogens with two attached hydrogens (primary N) is 1. The van der Waals surface area contributed by atoms with Crippen LogP contribution in [-0.2, 0) is 6.42 Å². The highest BCUT2D eigenvalue weighted by atomic mass is 15.2. The normalized spacial score (nSPS) is 12.2. The van der Waals surface area contributed by atoms with Gasteiger partial charge in [0.2, 0.25) is 0 Å². The second kappa shape index (κ2) is 6.53.